The first-order valence-corrected chi connectivity index (χ1v) is 27.9. The normalized spacial score (nSPS) is 26.1. The number of nitrogens with two attached hydrogens (primary N) is 1. The first-order valence-electron chi connectivity index (χ1n) is 26.6. The predicted molar refractivity (Wildman–Crippen MR) is 281 cm³/mol. The van der Waals surface area contributed by atoms with Gasteiger partial charge in [0.1, 0.15) is 34.9 Å². The largest absolute Gasteiger partial charge is 0.426 e. The number of Topliss-reactive ketones (excluding diaryl/α,β-unsaturated/α-hetero) is 1. The maximum absolute atomic E-state index is 15.0. The fraction of sp³-hybridized carbons (Fsp3) is 0.577. The van der Waals surface area contributed by atoms with Crippen molar-refractivity contribution < 1.29 is 81.8 Å². The summed E-state index contributed by atoms with van der Waals surface area (Å²) in [5, 5.41) is 46.7. The van der Waals surface area contributed by atoms with E-state index in [0.29, 0.717) is 38.5 Å². The summed E-state index contributed by atoms with van der Waals surface area (Å²) in [7, 11) is -2.43. The maximum atomic E-state index is 15.0. The van der Waals surface area contributed by atoms with Crippen LogP contribution in [-0.2, 0) is 74.8 Å². The van der Waals surface area contributed by atoms with Gasteiger partial charge in [-0.2, -0.15) is 0 Å². The molecule has 11 atom stereocenters. The zero-order valence-corrected chi connectivity index (χ0v) is 45.4. The Bertz CT molecular complexity index is 2790. The molecule has 436 valence electrons. The lowest BCUT2D eigenvalue weighted by atomic mass is 9.93. The Kier molecular flexibility index (Phi) is 21.7. The molecule has 2 aromatic rings. The van der Waals surface area contributed by atoms with Crippen LogP contribution >= 0.6 is 0 Å². The number of amides is 10. The Morgan fingerprint density at radius 2 is 1.48 bits per heavy atom. The maximum Gasteiger partial charge on any atom is 0.311 e. The highest BCUT2D eigenvalue weighted by Crippen LogP contribution is 2.31. The van der Waals surface area contributed by atoms with Gasteiger partial charge >= 0.3 is 5.97 Å². The van der Waals surface area contributed by atoms with E-state index in [9.17, 15) is 72.9 Å². The number of hydrogen-bond donors (Lipinski definition) is 11. The minimum atomic E-state index is -2.43. The highest BCUT2D eigenvalue weighted by atomic mass is 32.2. The van der Waals surface area contributed by atoms with E-state index in [2.05, 4.69) is 36.9 Å². The predicted octanol–water partition coefficient (Wildman–Crippen LogP) is -3.36. The van der Waals surface area contributed by atoms with Gasteiger partial charge in [-0.3, -0.25) is 66.6 Å². The van der Waals surface area contributed by atoms with Crippen molar-refractivity contribution in [3.63, 3.8) is 0 Å². The Morgan fingerprint density at radius 3 is 2.15 bits per heavy atom. The van der Waals surface area contributed by atoms with Gasteiger partial charge in [0, 0.05) is 74.7 Å². The van der Waals surface area contributed by atoms with Crippen LogP contribution in [-0.4, -0.2) is 186 Å². The van der Waals surface area contributed by atoms with Crippen molar-refractivity contribution >= 4 is 92.5 Å². The minimum Gasteiger partial charge on any atom is -0.426 e. The monoisotopic (exact) mass is 1140 g/mol. The van der Waals surface area contributed by atoms with Crippen molar-refractivity contribution in [3.8, 4) is 5.75 Å². The van der Waals surface area contributed by atoms with E-state index >= 15 is 4.21 Å². The molecule has 27 nitrogen and oxygen atoms in total. The molecule has 10 amide bonds. The third kappa shape index (κ3) is 15.9. The van der Waals surface area contributed by atoms with Crippen LogP contribution in [0.5, 0.6) is 5.75 Å². The number of aromatic nitrogens is 1. The number of ether oxygens (including phenoxy) is 1. The van der Waals surface area contributed by atoms with Crippen molar-refractivity contribution in [2.24, 2.45) is 23.5 Å². The number of carbonyl (C=O) groups is 12. The van der Waals surface area contributed by atoms with Crippen LogP contribution in [0.3, 0.4) is 0 Å². The highest BCUT2D eigenvalue weighted by molar-refractivity contribution is 7.85. The van der Waals surface area contributed by atoms with Crippen LogP contribution in [0.1, 0.15) is 90.5 Å². The number of unbranched alkanes of at least 4 members (excludes halogenated alkanes) is 4. The lowest BCUT2D eigenvalue weighted by Gasteiger charge is -2.32. The molecule has 5 heterocycles. The van der Waals surface area contributed by atoms with E-state index < -0.39 is 188 Å². The molecule has 1 aromatic heterocycles. The summed E-state index contributed by atoms with van der Waals surface area (Å²) in [5.41, 5.74) is 5.80. The molecule has 1 fully saturated rings. The number of carbonyl (C=O) groups excluding carboxylic acids is 12. The van der Waals surface area contributed by atoms with Gasteiger partial charge in [0.15, 0.2) is 5.78 Å². The average Bonchev–Trinajstić information content (AvgIpc) is 4.13. The molecule has 1 saturated heterocycles. The number of aromatic amines is 1. The number of aliphatic hydroxyl groups excluding tert-OH is 3. The third-order valence-corrected chi connectivity index (χ3v) is 16.2. The number of ketones is 1. The second kappa shape index (κ2) is 28.1. The number of nitrogens with one attached hydrogen (secondary N) is 7. The number of fused-ring (bicyclic) bond motifs is 5. The van der Waals surface area contributed by atoms with Gasteiger partial charge in [-0.1, -0.05) is 46.5 Å². The summed E-state index contributed by atoms with van der Waals surface area (Å²) < 4.78 is 20.7. The minimum absolute atomic E-state index is 0.00977. The molecule has 1 aromatic carbocycles. The number of esters is 1. The van der Waals surface area contributed by atoms with Crippen molar-refractivity contribution in [2.45, 2.75) is 139 Å². The zero-order valence-electron chi connectivity index (χ0n) is 44.6. The number of hydrogen-bond acceptors (Lipinski definition) is 17. The number of H-pyrrole nitrogens is 1. The van der Waals surface area contributed by atoms with Crippen LogP contribution < -0.4 is 42.4 Å². The fourth-order valence-electron chi connectivity index (χ4n) is 9.93. The van der Waals surface area contributed by atoms with Crippen LogP contribution in [0.15, 0.2) is 35.4 Å². The third-order valence-electron chi connectivity index (χ3n) is 14.7. The zero-order chi connectivity index (χ0) is 58.5. The van der Waals surface area contributed by atoms with Crippen molar-refractivity contribution in [1.29, 1.82) is 0 Å². The topological polar surface area (TPSA) is 412 Å². The summed E-state index contributed by atoms with van der Waals surface area (Å²) in [6, 6.07) is -3.90. The van der Waals surface area contributed by atoms with Crippen LogP contribution in [0.25, 0.3) is 10.9 Å². The number of rotatable bonds is 16. The molecule has 1 unspecified atom stereocenters. The lowest BCUT2D eigenvalue weighted by Crippen LogP contribution is -2.61. The number of primary amides is 1. The summed E-state index contributed by atoms with van der Waals surface area (Å²) >= 11 is 0. The molecule has 28 heteroatoms. The van der Waals surface area contributed by atoms with E-state index in [1.807, 2.05) is 0 Å². The first-order chi connectivity index (χ1) is 38.0. The van der Waals surface area contributed by atoms with Crippen LogP contribution in [0.4, 0.5) is 0 Å². The lowest BCUT2D eigenvalue weighted by molar-refractivity contribution is -0.145. The smallest absolute Gasteiger partial charge is 0.311 e. The van der Waals surface area contributed by atoms with Crippen LogP contribution in [0.2, 0.25) is 0 Å². The fourth-order valence-corrected chi connectivity index (χ4v) is 11.4. The molecule has 0 saturated carbocycles. The molecule has 0 spiro atoms. The van der Waals surface area contributed by atoms with E-state index in [1.54, 1.807) is 13.8 Å². The SMILES string of the molecule is CC[C@H](C)[C@@H]1NC(=O)CNC(=O)[C@H]2Cc3c([nH]c4cc(OC(=O)CCCCCCCN5C(=O)C=CC5=O)ccc34)S(=O)C[C@H](NC(=O)CNC1=O)C(=O)C[C@@H](CC(N)=O)C(=O)N1C[C@H](O)C[C@H]1C(=O)N[C@@H]([C@@H](C)[C@@H](O)CO)C(=O)N2. The van der Waals surface area contributed by atoms with Crippen molar-refractivity contribution in [1.82, 2.24) is 46.7 Å². The van der Waals surface area contributed by atoms with E-state index in [-0.39, 0.29) is 52.0 Å². The quantitative estimate of drug-likeness (QED) is 0.0338. The van der Waals surface area contributed by atoms with Gasteiger partial charge < -0.3 is 67.6 Å². The summed E-state index contributed by atoms with van der Waals surface area (Å²) in [6.45, 7) is 1.98. The number of aliphatic hydroxyl groups is 3. The van der Waals surface area contributed by atoms with Gasteiger partial charge in [0.05, 0.1) is 65.9 Å². The summed E-state index contributed by atoms with van der Waals surface area (Å²) in [4.78, 5) is 168. The second-order valence-corrected chi connectivity index (χ2v) is 22.0. The number of benzene rings is 1. The van der Waals surface area contributed by atoms with Gasteiger partial charge in [-0.25, -0.2) is 0 Å². The van der Waals surface area contributed by atoms with E-state index in [4.69, 9.17) is 10.5 Å². The molecular formula is C52H70N10O17S. The number of nitrogens with zero attached hydrogens (tertiary/aromatic N) is 2. The van der Waals surface area contributed by atoms with Gasteiger partial charge in [-0.05, 0) is 36.5 Å². The molecule has 0 radical (unpaired) electrons. The standard InChI is InChI=1S/C52H70N10O17S/c1-4-26(2)45-49(75)55-21-40(68)56-35-25-80(78)51-32(31-12-11-30(19-33(31)58-51)79-44(72)10-8-6-5-7-9-15-61-42(70)13-14-43(61)71)20-34(47(73)54-22-41(69)59-45)57-50(76)46(27(3)38(66)24-63)60-48(74)36-18-29(64)23-62(36)52(77)28(16-37(35)65)17-39(53)67/h11-14,19,26-29,34-36,38,45-46,58,63-64,66H,4-10,15-18,20-25H2,1-3H3,(H2,53,67)(H,54,73)(H,55,75)(H,56,68)(H,57,76)(H,59,69)(H,60,74)/t26-,27-,28-,29+,34+,35-,36-,38-,45-,46-,80?/m0/s1. The Labute approximate surface area is 462 Å². The Morgan fingerprint density at radius 1 is 0.812 bits per heavy atom. The van der Waals surface area contributed by atoms with Gasteiger partial charge in [-0.15, -0.1) is 0 Å². The molecule has 2 bridgehead atoms. The first kappa shape index (κ1) is 61.8. The molecule has 0 aliphatic carbocycles. The highest BCUT2D eigenvalue weighted by Gasteiger charge is 2.45. The molecule has 6 rings (SSSR count). The molecule has 4 aliphatic heterocycles. The molecule has 12 N–H and O–H groups in total. The van der Waals surface area contributed by atoms with Crippen LogP contribution in [0, 0.1) is 17.8 Å². The molecule has 4 aliphatic rings. The Hall–Kier alpha value is -7.43. The van der Waals surface area contributed by atoms with E-state index in [0.717, 1.165) is 9.80 Å². The molecule has 80 heavy (non-hydrogen) atoms. The van der Waals surface area contributed by atoms with Crippen molar-refractivity contribution in [3.05, 3.63) is 35.9 Å². The van der Waals surface area contributed by atoms with Gasteiger partial charge in [0.25, 0.3) is 11.8 Å². The van der Waals surface area contributed by atoms with E-state index in [1.165, 1.54) is 37.3 Å². The summed E-state index contributed by atoms with van der Waals surface area (Å²) in [5.74, 6) is -14.5. The van der Waals surface area contributed by atoms with Crippen molar-refractivity contribution in [2.75, 3.05) is 38.5 Å². The average molecular weight is 1140 g/mol. The number of imide groups is 1. The van der Waals surface area contributed by atoms with Gasteiger partial charge in [0.2, 0.25) is 47.3 Å². The Balaban J connectivity index is 1.42. The summed E-state index contributed by atoms with van der Waals surface area (Å²) in [6.07, 6.45) is 0.223. The second-order valence-electron chi connectivity index (χ2n) is 20.6. The molecular weight excluding hydrogens is 1070 g/mol.